The molecule has 0 saturated heterocycles. The van der Waals surface area contributed by atoms with Gasteiger partial charge in [-0.2, -0.15) is 0 Å². The number of hydrogen-bond donors (Lipinski definition) is 0. The number of rotatable bonds is 4. The quantitative estimate of drug-likeness (QED) is 0.733. The summed E-state index contributed by atoms with van der Waals surface area (Å²) in [4.78, 5) is 22.8. The Balaban J connectivity index is 1.85. The summed E-state index contributed by atoms with van der Waals surface area (Å²) in [5.74, 6) is 0.00445. The maximum Gasteiger partial charge on any atom is 0.293 e. The third-order valence-electron chi connectivity index (χ3n) is 4.05. The normalized spacial score (nSPS) is 12.0. The molecule has 0 aliphatic carbocycles. The van der Waals surface area contributed by atoms with Crippen molar-refractivity contribution in [3.63, 3.8) is 0 Å². The number of halogens is 1. The molecule has 0 radical (unpaired) electrons. The van der Waals surface area contributed by atoms with Crippen LogP contribution in [0.3, 0.4) is 0 Å². The van der Waals surface area contributed by atoms with Gasteiger partial charge in [-0.1, -0.05) is 6.07 Å². The molecule has 0 bridgehead atoms. The van der Waals surface area contributed by atoms with Gasteiger partial charge in [0.25, 0.3) is 5.91 Å². The first kappa shape index (κ1) is 16.8. The van der Waals surface area contributed by atoms with Crippen LogP contribution in [0.2, 0.25) is 0 Å². The monoisotopic (exact) mass is 339 g/mol. The lowest BCUT2D eigenvalue weighted by atomic mass is 10.2. The Bertz CT molecular complexity index is 876. The minimum atomic E-state index is -0.332. The van der Waals surface area contributed by atoms with E-state index in [0.717, 1.165) is 5.69 Å². The van der Waals surface area contributed by atoms with Gasteiger partial charge in [0.2, 0.25) is 5.82 Å². The van der Waals surface area contributed by atoms with E-state index in [1.54, 1.807) is 37.2 Å². The predicted octanol–water partition coefficient (Wildman–Crippen LogP) is 2.94. The zero-order valence-corrected chi connectivity index (χ0v) is 14.2. The van der Waals surface area contributed by atoms with Crippen LogP contribution in [0.5, 0.6) is 0 Å². The number of carbonyl (C=O) groups excluding carboxylic acids is 1. The van der Waals surface area contributed by atoms with Crippen LogP contribution < -0.4 is 0 Å². The van der Waals surface area contributed by atoms with E-state index in [-0.39, 0.29) is 23.6 Å². The zero-order valence-electron chi connectivity index (χ0n) is 14.2. The first-order valence-electron chi connectivity index (χ1n) is 7.85. The van der Waals surface area contributed by atoms with Gasteiger partial charge in [-0.05, 0) is 50.2 Å². The fourth-order valence-corrected chi connectivity index (χ4v) is 2.46. The highest BCUT2D eigenvalue weighted by molar-refractivity contribution is 5.90. The number of nitrogens with zero attached hydrogens (tertiary/aromatic N) is 5. The topological polar surface area (TPSA) is 63.9 Å². The summed E-state index contributed by atoms with van der Waals surface area (Å²) in [6.45, 7) is 3.64. The van der Waals surface area contributed by atoms with Crippen LogP contribution in [0.15, 0.2) is 48.7 Å². The average molecular weight is 339 g/mol. The largest absolute Gasteiger partial charge is 0.331 e. The fourth-order valence-electron chi connectivity index (χ4n) is 2.46. The van der Waals surface area contributed by atoms with Crippen molar-refractivity contribution in [2.45, 2.75) is 19.9 Å². The summed E-state index contributed by atoms with van der Waals surface area (Å²) in [5.41, 5.74) is 1.43. The number of aromatic nitrogens is 4. The Morgan fingerprint density at radius 3 is 2.56 bits per heavy atom. The number of benzene rings is 1. The number of pyridine rings is 1. The average Bonchev–Trinajstić information content (AvgIpc) is 3.03. The molecule has 2 aromatic heterocycles. The second-order valence-corrected chi connectivity index (χ2v) is 5.72. The molecule has 7 heteroatoms. The van der Waals surface area contributed by atoms with E-state index in [2.05, 4.69) is 15.1 Å². The lowest BCUT2D eigenvalue weighted by Crippen LogP contribution is -2.31. The Hall–Kier alpha value is -3.09. The molecular formula is C18H18FN5O. The van der Waals surface area contributed by atoms with Crippen molar-refractivity contribution in [3.8, 4) is 5.69 Å². The van der Waals surface area contributed by atoms with Crippen LogP contribution >= 0.6 is 0 Å². The molecule has 1 aromatic carbocycles. The number of hydrogen-bond acceptors (Lipinski definition) is 4. The molecule has 0 fully saturated rings. The van der Waals surface area contributed by atoms with Crippen molar-refractivity contribution in [1.82, 2.24) is 24.6 Å². The van der Waals surface area contributed by atoms with Crippen molar-refractivity contribution in [3.05, 3.63) is 71.8 Å². The highest BCUT2D eigenvalue weighted by atomic mass is 19.1. The van der Waals surface area contributed by atoms with Gasteiger partial charge in [-0.15, -0.1) is 5.10 Å². The molecular weight excluding hydrogens is 321 g/mol. The smallest absolute Gasteiger partial charge is 0.293 e. The summed E-state index contributed by atoms with van der Waals surface area (Å²) < 4.78 is 14.6. The number of amides is 1. The van der Waals surface area contributed by atoms with Crippen LogP contribution in [0.25, 0.3) is 5.69 Å². The van der Waals surface area contributed by atoms with Crippen LogP contribution in [0.4, 0.5) is 4.39 Å². The van der Waals surface area contributed by atoms with Crippen LogP contribution in [-0.4, -0.2) is 37.6 Å². The molecule has 0 aliphatic rings. The summed E-state index contributed by atoms with van der Waals surface area (Å²) in [5, 5.41) is 4.28. The molecule has 0 unspecified atom stereocenters. The predicted molar refractivity (Wildman–Crippen MR) is 90.8 cm³/mol. The Morgan fingerprint density at radius 2 is 1.92 bits per heavy atom. The molecule has 6 nitrogen and oxygen atoms in total. The highest BCUT2D eigenvalue weighted by Gasteiger charge is 2.24. The Morgan fingerprint density at radius 1 is 1.20 bits per heavy atom. The molecule has 0 N–H and O–H groups in total. The van der Waals surface area contributed by atoms with Gasteiger partial charge in [-0.25, -0.2) is 14.1 Å². The van der Waals surface area contributed by atoms with Crippen molar-refractivity contribution in [2.24, 2.45) is 0 Å². The van der Waals surface area contributed by atoms with Crippen molar-refractivity contribution < 1.29 is 9.18 Å². The molecule has 2 heterocycles. The van der Waals surface area contributed by atoms with E-state index in [9.17, 15) is 9.18 Å². The van der Waals surface area contributed by atoms with E-state index in [0.29, 0.717) is 11.5 Å². The second-order valence-electron chi connectivity index (χ2n) is 5.72. The van der Waals surface area contributed by atoms with Crippen molar-refractivity contribution in [2.75, 3.05) is 7.05 Å². The zero-order chi connectivity index (χ0) is 18.0. The van der Waals surface area contributed by atoms with E-state index in [1.807, 2.05) is 25.1 Å². The third kappa shape index (κ3) is 3.40. The molecule has 1 amide bonds. The molecule has 25 heavy (non-hydrogen) atoms. The molecule has 3 rings (SSSR count). The lowest BCUT2D eigenvalue weighted by molar-refractivity contribution is 0.0727. The fraction of sp³-hybridized carbons (Fsp3) is 0.222. The lowest BCUT2D eigenvalue weighted by Gasteiger charge is -2.23. The van der Waals surface area contributed by atoms with Gasteiger partial charge < -0.3 is 4.90 Å². The minimum Gasteiger partial charge on any atom is -0.331 e. The maximum atomic E-state index is 13.1. The first-order valence-corrected chi connectivity index (χ1v) is 7.85. The van der Waals surface area contributed by atoms with Gasteiger partial charge in [0.15, 0.2) is 0 Å². The first-order chi connectivity index (χ1) is 12.0. The van der Waals surface area contributed by atoms with Crippen molar-refractivity contribution in [1.29, 1.82) is 0 Å². The molecule has 1 atom stereocenters. The van der Waals surface area contributed by atoms with Crippen LogP contribution in [0, 0.1) is 12.7 Å². The van der Waals surface area contributed by atoms with Gasteiger partial charge in [-0.3, -0.25) is 9.78 Å². The summed E-state index contributed by atoms with van der Waals surface area (Å²) in [6.07, 6.45) is 1.69. The Kier molecular flexibility index (Phi) is 4.56. The van der Waals surface area contributed by atoms with Gasteiger partial charge in [0.1, 0.15) is 11.6 Å². The highest BCUT2D eigenvalue weighted by Crippen LogP contribution is 2.18. The van der Waals surface area contributed by atoms with Gasteiger partial charge in [0, 0.05) is 13.2 Å². The van der Waals surface area contributed by atoms with E-state index >= 15 is 0 Å². The number of carbonyl (C=O) groups is 1. The van der Waals surface area contributed by atoms with E-state index in [1.165, 1.54) is 16.8 Å². The SMILES string of the molecule is Cc1nc(C(=O)N(C)[C@@H](C)c2ccccn2)nn1-c1ccc(F)cc1. The second kappa shape index (κ2) is 6.80. The Labute approximate surface area is 145 Å². The summed E-state index contributed by atoms with van der Waals surface area (Å²) in [7, 11) is 1.69. The molecule has 0 aliphatic heterocycles. The molecule has 0 saturated carbocycles. The summed E-state index contributed by atoms with van der Waals surface area (Å²) in [6, 6.07) is 11.2. The number of aryl methyl sites for hydroxylation is 1. The third-order valence-corrected chi connectivity index (χ3v) is 4.05. The van der Waals surface area contributed by atoms with Crippen molar-refractivity contribution >= 4 is 5.91 Å². The molecule has 3 aromatic rings. The summed E-state index contributed by atoms with van der Waals surface area (Å²) >= 11 is 0. The van der Waals surface area contributed by atoms with E-state index < -0.39 is 0 Å². The van der Waals surface area contributed by atoms with Gasteiger partial charge >= 0.3 is 0 Å². The minimum absolute atomic E-state index is 0.0899. The van der Waals surface area contributed by atoms with E-state index in [4.69, 9.17) is 0 Å². The molecule has 128 valence electrons. The van der Waals surface area contributed by atoms with Gasteiger partial charge in [0.05, 0.1) is 17.4 Å². The standard InChI is InChI=1S/C18H18FN5O/c1-12(16-6-4-5-11-20-16)23(3)18(25)17-21-13(2)24(22-17)15-9-7-14(19)8-10-15/h4-12H,1-3H3/t12-/m0/s1. The maximum absolute atomic E-state index is 13.1. The molecule has 0 spiro atoms. The van der Waals surface area contributed by atoms with Crippen LogP contribution in [-0.2, 0) is 0 Å². The van der Waals surface area contributed by atoms with Crippen LogP contribution in [0.1, 0.15) is 35.1 Å².